The van der Waals surface area contributed by atoms with E-state index in [1.165, 1.54) is 0 Å². The summed E-state index contributed by atoms with van der Waals surface area (Å²) in [5.41, 5.74) is 4.82. The molecular formula is C25H28N2O3S. The van der Waals surface area contributed by atoms with Crippen LogP contribution < -0.4 is 10.0 Å². The van der Waals surface area contributed by atoms with E-state index in [2.05, 4.69) is 10.0 Å². The van der Waals surface area contributed by atoms with Crippen molar-refractivity contribution in [3.05, 3.63) is 95.1 Å². The van der Waals surface area contributed by atoms with Crippen LogP contribution in [0.5, 0.6) is 0 Å². The van der Waals surface area contributed by atoms with Gasteiger partial charge in [-0.1, -0.05) is 54.6 Å². The molecule has 0 aromatic heterocycles. The molecule has 3 aromatic carbocycles. The van der Waals surface area contributed by atoms with Gasteiger partial charge in [0.15, 0.2) is 0 Å². The number of rotatable bonds is 8. The maximum atomic E-state index is 12.7. The van der Waals surface area contributed by atoms with Crippen molar-refractivity contribution in [2.75, 3.05) is 5.32 Å². The molecule has 0 radical (unpaired) electrons. The number of amides is 1. The third kappa shape index (κ3) is 6.03. The van der Waals surface area contributed by atoms with Crippen molar-refractivity contribution >= 4 is 21.6 Å². The second kappa shape index (κ2) is 9.90. The van der Waals surface area contributed by atoms with Gasteiger partial charge in [0.1, 0.15) is 0 Å². The topological polar surface area (TPSA) is 75.3 Å². The number of nitrogens with one attached hydrogen (secondary N) is 2. The van der Waals surface area contributed by atoms with Crippen LogP contribution in [-0.4, -0.2) is 14.3 Å². The van der Waals surface area contributed by atoms with Crippen molar-refractivity contribution < 1.29 is 13.2 Å². The van der Waals surface area contributed by atoms with Gasteiger partial charge in [-0.2, -0.15) is 0 Å². The predicted octanol–water partition coefficient (Wildman–Crippen LogP) is 4.91. The van der Waals surface area contributed by atoms with Gasteiger partial charge in [0, 0.05) is 18.2 Å². The zero-order valence-corrected chi connectivity index (χ0v) is 18.9. The molecule has 3 rings (SSSR count). The van der Waals surface area contributed by atoms with Crippen molar-refractivity contribution in [1.82, 2.24) is 4.72 Å². The Kier molecular flexibility index (Phi) is 7.25. The molecule has 0 spiro atoms. The van der Waals surface area contributed by atoms with Gasteiger partial charge >= 0.3 is 0 Å². The Labute approximate surface area is 184 Å². The molecule has 0 aliphatic heterocycles. The van der Waals surface area contributed by atoms with E-state index in [4.69, 9.17) is 0 Å². The normalized spacial score (nSPS) is 12.4. The molecule has 5 nitrogen and oxygen atoms in total. The molecule has 0 saturated carbocycles. The molecule has 31 heavy (non-hydrogen) atoms. The number of hydrogen-bond acceptors (Lipinski definition) is 3. The minimum Gasteiger partial charge on any atom is -0.326 e. The Bertz CT molecular complexity index is 1140. The Balaban J connectivity index is 1.58. The molecule has 0 bridgehead atoms. The van der Waals surface area contributed by atoms with E-state index in [1.54, 1.807) is 24.3 Å². The fourth-order valence-electron chi connectivity index (χ4n) is 3.30. The van der Waals surface area contributed by atoms with Crippen LogP contribution in [0.25, 0.3) is 0 Å². The average Bonchev–Trinajstić information content (AvgIpc) is 2.76. The third-order valence-electron chi connectivity index (χ3n) is 5.38. The molecule has 3 aromatic rings. The fraction of sp³-hybridized carbons (Fsp3) is 0.240. The first-order valence-corrected chi connectivity index (χ1v) is 11.8. The lowest BCUT2D eigenvalue weighted by Crippen LogP contribution is -2.26. The number of anilines is 1. The lowest BCUT2D eigenvalue weighted by Gasteiger charge is -2.15. The number of carbonyl (C=O) groups excluding carboxylic acids is 1. The number of benzene rings is 3. The zero-order valence-electron chi connectivity index (χ0n) is 18.1. The quantitative estimate of drug-likeness (QED) is 0.527. The van der Waals surface area contributed by atoms with Gasteiger partial charge in [-0.05, 0) is 67.6 Å². The minimum absolute atomic E-state index is 0.0660. The second-order valence-corrected chi connectivity index (χ2v) is 9.41. The number of carbonyl (C=O) groups is 1. The summed E-state index contributed by atoms with van der Waals surface area (Å²) in [6, 6.07) is 21.6. The number of aryl methyl sites for hydroxylation is 2. The first kappa shape index (κ1) is 22.7. The van der Waals surface area contributed by atoms with Crippen LogP contribution in [0, 0.1) is 13.8 Å². The third-order valence-corrected chi connectivity index (χ3v) is 6.94. The van der Waals surface area contributed by atoms with E-state index < -0.39 is 10.0 Å². The van der Waals surface area contributed by atoms with Gasteiger partial charge in [-0.25, -0.2) is 13.1 Å². The minimum atomic E-state index is -3.63. The highest BCUT2D eigenvalue weighted by molar-refractivity contribution is 7.89. The van der Waals surface area contributed by atoms with E-state index in [-0.39, 0.29) is 16.8 Å². The van der Waals surface area contributed by atoms with E-state index in [0.717, 1.165) is 27.9 Å². The maximum absolute atomic E-state index is 12.7. The van der Waals surface area contributed by atoms with Crippen molar-refractivity contribution in [3.8, 4) is 0 Å². The number of sulfonamides is 1. The molecule has 162 valence electrons. The van der Waals surface area contributed by atoms with Crippen LogP contribution >= 0.6 is 0 Å². The summed E-state index contributed by atoms with van der Waals surface area (Å²) in [6.07, 6.45) is 0.855. The molecule has 1 atom stereocenters. The summed E-state index contributed by atoms with van der Waals surface area (Å²) < 4.78 is 28.1. The largest absolute Gasteiger partial charge is 0.326 e. The van der Waals surface area contributed by atoms with Crippen molar-refractivity contribution in [2.45, 2.75) is 44.6 Å². The van der Waals surface area contributed by atoms with Crippen LogP contribution in [-0.2, 0) is 21.2 Å². The molecule has 0 unspecified atom stereocenters. The summed E-state index contributed by atoms with van der Waals surface area (Å²) in [5.74, 6) is -0.0660. The molecule has 0 aliphatic carbocycles. The SMILES string of the molecule is Cc1cccc(NC(=O)CCc2ccc(S(=O)(=O)N[C@@H](C)c3ccccc3)cc2)c1C. The lowest BCUT2D eigenvalue weighted by molar-refractivity contribution is -0.116. The zero-order chi connectivity index (χ0) is 22.4. The summed E-state index contributed by atoms with van der Waals surface area (Å²) >= 11 is 0. The van der Waals surface area contributed by atoms with Crippen LogP contribution in [0.1, 0.15) is 41.6 Å². The molecule has 0 aliphatic rings. The summed E-state index contributed by atoms with van der Waals surface area (Å²) in [6.45, 7) is 5.81. The van der Waals surface area contributed by atoms with Crippen LogP contribution in [0.2, 0.25) is 0 Å². The molecule has 0 saturated heterocycles. The summed E-state index contributed by atoms with van der Waals surface area (Å²) in [5, 5.41) is 2.95. The lowest BCUT2D eigenvalue weighted by atomic mass is 10.1. The van der Waals surface area contributed by atoms with E-state index in [9.17, 15) is 13.2 Å². The molecule has 0 fully saturated rings. The summed E-state index contributed by atoms with van der Waals surface area (Å²) in [7, 11) is -3.63. The highest BCUT2D eigenvalue weighted by Crippen LogP contribution is 2.20. The Morgan fingerprint density at radius 3 is 2.26 bits per heavy atom. The Morgan fingerprint density at radius 2 is 1.58 bits per heavy atom. The molecule has 0 heterocycles. The van der Waals surface area contributed by atoms with Gasteiger partial charge < -0.3 is 5.32 Å². The molecule has 1 amide bonds. The van der Waals surface area contributed by atoms with E-state index in [0.29, 0.717) is 12.8 Å². The van der Waals surface area contributed by atoms with Crippen molar-refractivity contribution in [1.29, 1.82) is 0 Å². The molecule has 2 N–H and O–H groups in total. The number of hydrogen-bond donors (Lipinski definition) is 2. The first-order valence-electron chi connectivity index (χ1n) is 10.3. The maximum Gasteiger partial charge on any atom is 0.241 e. The smallest absolute Gasteiger partial charge is 0.241 e. The highest BCUT2D eigenvalue weighted by Gasteiger charge is 2.18. The van der Waals surface area contributed by atoms with Gasteiger partial charge in [-0.3, -0.25) is 4.79 Å². The van der Waals surface area contributed by atoms with Gasteiger partial charge in [0.05, 0.1) is 4.90 Å². The fourth-order valence-corrected chi connectivity index (χ4v) is 4.53. The van der Waals surface area contributed by atoms with Crippen LogP contribution in [0.3, 0.4) is 0 Å². The first-order chi connectivity index (χ1) is 14.8. The molecule has 6 heteroatoms. The van der Waals surface area contributed by atoms with Crippen LogP contribution in [0.15, 0.2) is 77.7 Å². The van der Waals surface area contributed by atoms with Gasteiger partial charge in [0.25, 0.3) is 0 Å². The molecular weight excluding hydrogens is 408 g/mol. The van der Waals surface area contributed by atoms with Crippen molar-refractivity contribution in [3.63, 3.8) is 0 Å². The average molecular weight is 437 g/mol. The second-order valence-electron chi connectivity index (χ2n) is 7.69. The van der Waals surface area contributed by atoms with E-state index >= 15 is 0 Å². The monoisotopic (exact) mass is 436 g/mol. The van der Waals surface area contributed by atoms with Crippen LogP contribution in [0.4, 0.5) is 5.69 Å². The van der Waals surface area contributed by atoms with Crippen molar-refractivity contribution in [2.24, 2.45) is 0 Å². The van der Waals surface area contributed by atoms with E-state index in [1.807, 2.05) is 69.3 Å². The van der Waals surface area contributed by atoms with Gasteiger partial charge in [-0.15, -0.1) is 0 Å². The summed E-state index contributed by atoms with van der Waals surface area (Å²) in [4.78, 5) is 12.5. The highest BCUT2D eigenvalue weighted by atomic mass is 32.2. The Morgan fingerprint density at radius 1 is 0.903 bits per heavy atom. The predicted molar refractivity (Wildman–Crippen MR) is 124 cm³/mol. The standard InChI is InChI=1S/C25H28N2O3S/c1-18-8-7-11-24(19(18)2)26-25(28)17-14-21-12-15-23(16-13-21)31(29,30)27-20(3)22-9-5-4-6-10-22/h4-13,15-16,20,27H,14,17H2,1-3H3,(H,26,28)/t20-/m0/s1. The Hall–Kier alpha value is -2.96. The van der Waals surface area contributed by atoms with Gasteiger partial charge in [0.2, 0.25) is 15.9 Å².